The summed E-state index contributed by atoms with van der Waals surface area (Å²) in [4.78, 5) is 18.3. The topological polar surface area (TPSA) is 38.1 Å². The summed E-state index contributed by atoms with van der Waals surface area (Å²) in [5.74, 6) is 0.00824. The van der Waals surface area contributed by atoms with E-state index in [9.17, 15) is 4.79 Å². The van der Waals surface area contributed by atoms with Gasteiger partial charge in [0, 0.05) is 56.3 Å². The summed E-state index contributed by atoms with van der Waals surface area (Å²) in [7, 11) is 3.78. The zero-order chi connectivity index (χ0) is 13.1. The highest BCUT2D eigenvalue weighted by Gasteiger charge is 2.12. The molecule has 0 spiro atoms. The minimum atomic E-state index is 0.00824. The van der Waals surface area contributed by atoms with E-state index in [1.807, 2.05) is 48.8 Å². The normalized spacial score (nSPS) is 11.3. The van der Waals surface area contributed by atoms with Gasteiger partial charge in [-0.25, -0.2) is 4.98 Å². The Hall–Kier alpha value is -2.10. The van der Waals surface area contributed by atoms with E-state index in [1.165, 1.54) is 0 Å². The van der Waals surface area contributed by atoms with Crippen LogP contribution in [0.2, 0.25) is 0 Å². The summed E-state index contributed by atoms with van der Waals surface area (Å²) in [5, 5.41) is 0.910. The summed E-state index contributed by atoms with van der Waals surface area (Å²) >= 11 is 0. The van der Waals surface area contributed by atoms with Crippen LogP contribution in [0.1, 0.15) is 17.3 Å². The number of aromatic nitrogens is 2. The highest BCUT2D eigenvalue weighted by Crippen LogP contribution is 2.20. The number of fused-ring (bicyclic) bond motifs is 1. The molecule has 0 unspecified atom stereocenters. The number of carbonyl (C=O) groups excluding carboxylic acids is 1. The van der Waals surface area contributed by atoms with Crippen molar-refractivity contribution in [1.29, 1.82) is 0 Å². The maximum absolute atomic E-state index is 12.1. The zero-order valence-corrected chi connectivity index (χ0v) is 10.9. The Morgan fingerprint density at radius 3 is 2.94 bits per heavy atom. The van der Waals surface area contributed by atoms with Crippen molar-refractivity contribution in [2.24, 2.45) is 0 Å². The van der Waals surface area contributed by atoms with Crippen LogP contribution < -0.4 is 0 Å². The van der Waals surface area contributed by atoms with Crippen LogP contribution in [0, 0.1) is 0 Å². The van der Waals surface area contributed by atoms with Crippen LogP contribution >= 0.6 is 0 Å². The molecular weight excluding hydrogens is 226 g/mol. The van der Waals surface area contributed by atoms with Crippen molar-refractivity contribution < 1.29 is 4.79 Å². The first kappa shape index (κ1) is 12.4. The lowest BCUT2D eigenvalue weighted by atomic mass is 10.1. The number of hydrogen-bond acceptors (Lipinski definition) is 3. The van der Waals surface area contributed by atoms with Crippen LogP contribution in [0.25, 0.3) is 11.0 Å². The molecule has 0 radical (unpaired) electrons. The van der Waals surface area contributed by atoms with Gasteiger partial charge in [0.1, 0.15) is 5.65 Å². The number of hydrogen-bond donors (Lipinski definition) is 0. The number of allylic oxidation sites excluding steroid dienone is 1. The molecule has 0 amide bonds. The van der Waals surface area contributed by atoms with Crippen molar-refractivity contribution >= 4 is 16.8 Å². The number of aryl methyl sites for hydroxylation is 1. The average Bonchev–Trinajstić information content (AvgIpc) is 2.75. The van der Waals surface area contributed by atoms with E-state index in [0.717, 1.165) is 17.6 Å². The second-order valence-corrected chi connectivity index (χ2v) is 4.35. The van der Waals surface area contributed by atoms with Gasteiger partial charge in [0.15, 0.2) is 5.78 Å². The smallest absolute Gasteiger partial charge is 0.189 e. The van der Waals surface area contributed by atoms with Gasteiger partial charge in [0.05, 0.1) is 0 Å². The summed E-state index contributed by atoms with van der Waals surface area (Å²) in [6.07, 6.45) is 6.97. The summed E-state index contributed by atoms with van der Waals surface area (Å²) < 4.78 is 1.99. The van der Waals surface area contributed by atoms with E-state index in [-0.39, 0.29) is 5.78 Å². The Balaban J connectivity index is 2.48. The van der Waals surface area contributed by atoms with Crippen molar-refractivity contribution in [3.05, 3.63) is 42.4 Å². The second kappa shape index (κ2) is 5.04. The number of carbonyl (C=O) groups is 1. The summed E-state index contributed by atoms with van der Waals surface area (Å²) in [6, 6.07) is 3.79. The van der Waals surface area contributed by atoms with Crippen LogP contribution in [0.5, 0.6) is 0 Å². The van der Waals surface area contributed by atoms with E-state index in [2.05, 4.69) is 4.98 Å². The third kappa shape index (κ3) is 2.27. The fraction of sp³-hybridized carbons (Fsp3) is 0.286. The predicted molar refractivity (Wildman–Crippen MR) is 72.6 cm³/mol. The molecular formula is C14H17N3O. The molecule has 4 heteroatoms. The van der Waals surface area contributed by atoms with Gasteiger partial charge in [-0.15, -0.1) is 0 Å². The molecule has 0 fully saturated rings. The monoisotopic (exact) mass is 243 g/mol. The SMILES string of the molecule is CCn1cc(C(=O)C=CN(C)C)c2cccnc21. The third-order valence-electron chi connectivity index (χ3n) is 2.76. The summed E-state index contributed by atoms with van der Waals surface area (Å²) in [5.41, 5.74) is 1.57. The minimum absolute atomic E-state index is 0.00824. The molecule has 0 saturated heterocycles. The van der Waals surface area contributed by atoms with Gasteiger partial charge in [-0.3, -0.25) is 4.79 Å². The van der Waals surface area contributed by atoms with Gasteiger partial charge in [-0.05, 0) is 19.1 Å². The molecule has 4 nitrogen and oxygen atoms in total. The molecule has 0 bridgehead atoms. The highest BCUT2D eigenvalue weighted by atomic mass is 16.1. The standard InChI is InChI=1S/C14H17N3O/c1-4-17-10-12(13(18)7-9-16(2)3)11-6-5-8-15-14(11)17/h5-10H,4H2,1-3H3. The Labute approximate surface area is 107 Å². The van der Waals surface area contributed by atoms with E-state index >= 15 is 0 Å². The largest absolute Gasteiger partial charge is 0.383 e. The lowest BCUT2D eigenvalue weighted by molar-refractivity contribution is 0.104. The molecule has 94 valence electrons. The molecule has 0 N–H and O–H groups in total. The van der Waals surface area contributed by atoms with Crippen molar-refractivity contribution in [3.8, 4) is 0 Å². The van der Waals surface area contributed by atoms with Crippen molar-refractivity contribution in [2.45, 2.75) is 13.5 Å². The lowest BCUT2D eigenvalue weighted by Crippen LogP contribution is -2.03. The van der Waals surface area contributed by atoms with Gasteiger partial charge < -0.3 is 9.47 Å². The predicted octanol–water partition coefficient (Wildman–Crippen LogP) is 2.31. The molecule has 2 aromatic heterocycles. The minimum Gasteiger partial charge on any atom is -0.383 e. The van der Waals surface area contributed by atoms with Crippen LogP contribution in [-0.2, 0) is 6.54 Å². The lowest BCUT2D eigenvalue weighted by Gasteiger charge is -2.02. The molecule has 2 heterocycles. The summed E-state index contributed by atoms with van der Waals surface area (Å²) in [6.45, 7) is 2.84. The van der Waals surface area contributed by atoms with Crippen LogP contribution in [0.15, 0.2) is 36.8 Å². The molecule has 0 saturated carbocycles. The van der Waals surface area contributed by atoms with Gasteiger partial charge in [-0.2, -0.15) is 0 Å². The molecule has 0 aliphatic rings. The highest BCUT2D eigenvalue weighted by molar-refractivity contribution is 6.12. The number of ketones is 1. The fourth-order valence-corrected chi connectivity index (χ4v) is 1.87. The number of nitrogens with zero attached hydrogens (tertiary/aromatic N) is 3. The first-order chi connectivity index (χ1) is 8.63. The molecule has 18 heavy (non-hydrogen) atoms. The van der Waals surface area contributed by atoms with Crippen molar-refractivity contribution in [3.63, 3.8) is 0 Å². The van der Waals surface area contributed by atoms with Gasteiger partial charge >= 0.3 is 0 Å². The molecule has 2 rings (SSSR count). The maximum atomic E-state index is 12.1. The Morgan fingerprint density at radius 1 is 1.50 bits per heavy atom. The third-order valence-corrected chi connectivity index (χ3v) is 2.76. The Morgan fingerprint density at radius 2 is 2.28 bits per heavy atom. The van der Waals surface area contributed by atoms with Crippen LogP contribution in [-0.4, -0.2) is 34.3 Å². The number of rotatable bonds is 4. The first-order valence-corrected chi connectivity index (χ1v) is 5.96. The molecule has 0 aromatic carbocycles. The molecule has 0 atom stereocenters. The van der Waals surface area contributed by atoms with Crippen molar-refractivity contribution in [1.82, 2.24) is 14.5 Å². The molecule has 2 aromatic rings. The van der Waals surface area contributed by atoms with Crippen molar-refractivity contribution in [2.75, 3.05) is 14.1 Å². The fourth-order valence-electron chi connectivity index (χ4n) is 1.87. The van der Waals surface area contributed by atoms with E-state index in [1.54, 1.807) is 18.5 Å². The van der Waals surface area contributed by atoms with Crippen LogP contribution in [0.3, 0.4) is 0 Å². The maximum Gasteiger partial charge on any atom is 0.189 e. The zero-order valence-electron chi connectivity index (χ0n) is 10.9. The van der Waals surface area contributed by atoms with Crippen LogP contribution in [0.4, 0.5) is 0 Å². The van der Waals surface area contributed by atoms with E-state index in [0.29, 0.717) is 5.56 Å². The first-order valence-electron chi connectivity index (χ1n) is 5.96. The Kier molecular flexibility index (Phi) is 3.46. The Bertz CT molecular complexity index is 596. The van der Waals surface area contributed by atoms with Gasteiger partial charge in [-0.1, -0.05) is 0 Å². The van der Waals surface area contributed by atoms with E-state index < -0.39 is 0 Å². The van der Waals surface area contributed by atoms with Gasteiger partial charge in [0.2, 0.25) is 0 Å². The molecule has 0 aliphatic heterocycles. The average molecular weight is 243 g/mol. The van der Waals surface area contributed by atoms with Gasteiger partial charge in [0.25, 0.3) is 0 Å². The van der Waals surface area contributed by atoms with E-state index in [4.69, 9.17) is 0 Å². The number of pyridine rings is 1. The second-order valence-electron chi connectivity index (χ2n) is 4.35. The quantitative estimate of drug-likeness (QED) is 0.611. The molecule has 0 aliphatic carbocycles.